The molecule has 0 unspecified atom stereocenters. The van der Waals surface area contributed by atoms with E-state index in [1.54, 1.807) is 11.1 Å². The topological polar surface area (TPSA) is 78.8 Å². The Morgan fingerprint density at radius 2 is 2.26 bits per heavy atom. The van der Waals surface area contributed by atoms with Crippen LogP contribution in [0.15, 0.2) is 18.5 Å². The zero-order valence-electron chi connectivity index (χ0n) is 14.3. The standard InChI is InChI=1S/C16H26N6O/c1-12(6-11-22-9-5-8-17-22)18-16(23)21(4)10-7-15-13(2)19-20-14(15)3/h5,8-9,12H,6-7,10-11H2,1-4H3,(H,18,23)(H,19,20)/t12-/m0/s1. The molecule has 7 nitrogen and oxygen atoms in total. The molecule has 2 amide bonds. The average Bonchev–Trinajstić information content (AvgIpc) is 3.14. The molecule has 0 aliphatic heterocycles. The number of aryl methyl sites for hydroxylation is 3. The lowest BCUT2D eigenvalue weighted by atomic mass is 10.1. The van der Waals surface area contributed by atoms with Crippen LogP contribution in [0.25, 0.3) is 0 Å². The van der Waals surface area contributed by atoms with Gasteiger partial charge in [0, 0.05) is 44.3 Å². The van der Waals surface area contributed by atoms with E-state index in [9.17, 15) is 4.79 Å². The predicted molar refractivity (Wildman–Crippen MR) is 89.2 cm³/mol. The van der Waals surface area contributed by atoms with Gasteiger partial charge in [-0.3, -0.25) is 9.78 Å². The first-order valence-electron chi connectivity index (χ1n) is 7.97. The van der Waals surface area contributed by atoms with Crippen LogP contribution in [0, 0.1) is 13.8 Å². The molecule has 23 heavy (non-hydrogen) atoms. The molecule has 0 aliphatic rings. The Morgan fingerprint density at radius 3 is 2.87 bits per heavy atom. The number of carbonyl (C=O) groups is 1. The summed E-state index contributed by atoms with van der Waals surface area (Å²) in [6, 6.07) is 1.96. The van der Waals surface area contributed by atoms with Crippen molar-refractivity contribution in [1.82, 2.24) is 30.2 Å². The number of hydrogen-bond donors (Lipinski definition) is 2. The van der Waals surface area contributed by atoms with Crippen LogP contribution in [-0.2, 0) is 13.0 Å². The van der Waals surface area contributed by atoms with Crippen LogP contribution in [0.2, 0.25) is 0 Å². The van der Waals surface area contributed by atoms with Gasteiger partial charge in [0.2, 0.25) is 0 Å². The fourth-order valence-corrected chi connectivity index (χ4v) is 2.48. The minimum atomic E-state index is -0.0447. The van der Waals surface area contributed by atoms with Crippen molar-refractivity contribution in [2.75, 3.05) is 13.6 Å². The number of aromatic amines is 1. The maximum Gasteiger partial charge on any atom is 0.317 e. The molecule has 2 N–H and O–H groups in total. The summed E-state index contributed by atoms with van der Waals surface area (Å²) in [5.74, 6) is 0. The van der Waals surface area contributed by atoms with Crippen LogP contribution in [0.3, 0.4) is 0 Å². The number of nitrogens with zero attached hydrogens (tertiary/aromatic N) is 4. The lowest BCUT2D eigenvalue weighted by molar-refractivity contribution is 0.204. The zero-order chi connectivity index (χ0) is 16.8. The van der Waals surface area contributed by atoms with E-state index < -0.39 is 0 Å². The highest BCUT2D eigenvalue weighted by Gasteiger charge is 2.14. The minimum absolute atomic E-state index is 0.0447. The van der Waals surface area contributed by atoms with Crippen LogP contribution < -0.4 is 5.32 Å². The van der Waals surface area contributed by atoms with Gasteiger partial charge in [-0.1, -0.05) is 0 Å². The molecule has 1 atom stereocenters. The molecule has 2 aromatic heterocycles. The molecule has 7 heteroatoms. The van der Waals surface area contributed by atoms with E-state index in [1.165, 1.54) is 5.56 Å². The van der Waals surface area contributed by atoms with E-state index >= 15 is 0 Å². The zero-order valence-corrected chi connectivity index (χ0v) is 14.3. The summed E-state index contributed by atoms with van der Waals surface area (Å²) in [5.41, 5.74) is 3.27. The van der Waals surface area contributed by atoms with Crippen LogP contribution >= 0.6 is 0 Å². The number of likely N-dealkylation sites (N-methyl/N-ethyl adjacent to an activating group) is 1. The van der Waals surface area contributed by atoms with E-state index in [2.05, 4.69) is 20.6 Å². The third kappa shape index (κ3) is 4.84. The van der Waals surface area contributed by atoms with Gasteiger partial charge in [-0.2, -0.15) is 10.2 Å². The lowest BCUT2D eigenvalue weighted by Gasteiger charge is -2.21. The maximum absolute atomic E-state index is 12.2. The number of H-pyrrole nitrogens is 1. The summed E-state index contributed by atoms with van der Waals surface area (Å²) in [6.07, 6.45) is 5.34. The smallest absolute Gasteiger partial charge is 0.317 e. The molecule has 126 valence electrons. The van der Waals surface area contributed by atoms with Crippen molar-refractivity contribution in [1.29, 1.82) is 0 Å². The van der Waals surface area contributed by atoms with Crippen LogP contribution in [0.5, 0.6) is 0 Å². The summed E-state index contributed by atoms with van der Waals surface area (Å²) in [7, 11) is 1.82. The molecular weight excluding hydrogens is 292 g/mol. The summed E-state index contributed by atoms with van der Waals surface area (Å²) in [6.45, 7) is 7.47. The average molecular weight is 318 g/mol. The van der Waals surface area contributed by atoms with Gasteiger partial charge >= 0.3 is 6.03 Å². The van der Waals surface area contributed by atoms with Crippen molar-refractivity contribution in [3.8, 4) is 0 Å². The first-order chi connectivity index (χ1) is 11.0. The Bertz CT molecular complexity index is 599. The first-order valence-corrected chi connectivity index (χ1v) is 7.97. The highest BCUT2D eigenvalue weighted by molar-refractivity contribution is 5.74. The Kier molecular flexibility index (Phi) is 5.78. The first kappa shape index (κ1) is 17.1. The van der Waals surface area contributed by atoms with E-state index in [1.807, 2.05) is 44.8 Å². The second-order valence-corrected chi connectivity index (χ2v) is 5.99. The summed E-state index contributed by atoms with van der Waals surface area (Å²) >= 11 is 0. The third-order valence-corrected chi connectivity index (χ3v) is 4.04. The van der Waals surface area contributed by atoms with Crippen LogP contribution in [0.1, 0.15) is 30.3 Å². The second-order valence-electron chi connectivity index (χ2n) is 5.99. The second kappa shape index (κ2) is 7.80. The van der Waals surface area contributed by atoms with Gasteiger partial charge in [-0.25, -0.2) is 4.79 Å². The molecule has 2 rings (SSSR count). The molecule has 0 bridgehead atoms. The van der Waals surface area contributed by atoms with Gasteiger partial charge in [-0.05, 0) is 45.2 Å². The van der Waals surface area contributed by atoms with E-state index in [0.29, 0.717) is 6.54 Å². The highest BCUT2D eigenvalue weighted by atomic mass is 16.2. The molecular formula is C16H26N6O. The molecule has 0 radical (unpaired) electrons. The SMILES string of the molecule is Cc1n[nH]c(C)c1CCN(C)C(=O)N[C@@H](C)CCn1cccn1. The van der Waals surface area contributed by atoms with Crippen molar-refractivity contribution >= 4 is 6.03 Å². The van der Waals surface area contributed by atoms with Crippen molar-refractivity contribution < 1.29 is 4.79 Å². The van der Waals surface area contributed by atoms with E-state index in [0.717, 1.165) is 30.8 Å². The van der Waals surface area contributed by atoms with E-state index in [4.69, 9.17) is 0 Å². The molecule has 0 aromatic carbocycles. The fraction of sp³-hybridized carbons (Fsp3) is 0.562. The summed E-state index contributed by atoms with van der Waals surface area (Å²) in [5, 5.41) is 14.3. The van der Waals surface area contributed by atoms with Gasteiger partial charge in [0.1, 0.15) is 0 Å². The van der Waals surface area contributed by atoms with E-state index in [-0.39, 0.29) is 12.1 Å². The van der Waals surface area contributed by atoms with Crippen molar-refractivity contribution in [2.45, 2.75) is 46.2 Å². The molecule has 0 fully saturated rings. The van der Waals surface area contributed by atoms with Gasteiger partial charge < -0.3 is 10.2 Å². The molecule has 0 saturated heterocycles. The number of hydrogen-bond acceptors (Lipinski definition) is 3. The molecule has 0 saturated carbocycles. The molecule has 2 aromatic rings. The highest BCUT2D eigenvalue weighted by Crippen LogP contribution is 2.10. The van der Waals surface area contributed by atoms with Crippen LogP contribution in [-0.4, -0.2) is 50.5 Å². The van der Waals surface area contributed by atoms with Gasteiger partial charge in [0.25, 0.3) is 0 Å². The van der Waals surface area contributed by atoms with Crippen molar-refractivity contribution in [3.05, 3.63) is 35.4 Å². The maximum atomic E-state index is 12.2. The predicted octanol–water partition coefficient (Wildman–Crippen LogP) is 1.89. The van der Waals surface area contributed by atoms with Gasteiger partial charge in [0.15, 0.2) is 0 Å². The number of amides is 2. The van der Waals surface area contributed by atoms with Crippen molar-refractivity contribution in [2.24, 2.45) is 0 Å². The largest absolute Gasteiger partial charge is 0.335 e. The number of urea groups is 1. The Balaban J connectivity index is 1.73. The third-order valence-electron chi connectivity index (χ3n) is 4.04. The molecule has 0 spiro atoms. The number of aromatic nitrogens is 4. The number of carbonyl (C=O) groups excluding carboxylic acids is 1. The fourth-order valence-electron chi connectivity index (χ4n) is 2.48. The summed E-state index contributed by atoms with van der Waals surface area (Å²) < 4.78 is 1.87. The normalized spacial score (nSPS) is 12.2. The monoisotopic (exact) mass is 318 g/mol. The minimum Gasteiger partial charge on any atom is -0.335 e. The summed E-state index contributed by atoms with van der Waals surface area (Å²) in [4.78, 5) is 13.9. The quantitative estimate of drug-likeness (QED) is 0.818. The molecule has 0 aliphatic carbocycles. The number of rotatable bonds is 7. The Hall–Kier alpha value is -2.31. The van der Waals surface area contributed by atoms with Gasteiger partial charge in [-0.15, -0.1) is 0 Å². The van der Waals surface area contributed by atoms with Crippen LogP contribution in [0.4, 0.5) is 4.79 Å². The molecule has 2 heterocycles. The van der Waals surface area contributed by atoms with Crippen molar-refractivity contribution in [3.63, 3.8) is 0 Å². The lowest BCUT2D eigenvalue weighted by Crippen LogP contribution is -2.43. The van der Waals surface area contributed by atoms with Gasteiger partial charge in [0.05, 0.1) is 5.69 Å². The number of nitrogens with one attached hydrogen (secondary N) is 2. The Labute approximate surface area is 137 Å². The Morgan fingerprint density at radius 1 is 1.48 bits per heavy atom.